The van der Waals surface area contributed by atoms with Crippen molar-refractivity contribution in [3.63, 3.8) is 0 Å². The Balaban J connectivity index is 1.57. The van der Waals surface area contributed by atoms with Crippen LogP contribution in [0.15, 0.2) is 54.6 Å². The summed E-state index contributed by atoms with van der Waals surface area (Å²) in [6.07, 6.45) is 1.22. The molecule has 22 heavy (non-hydrogen) atoms. The largest absolute Gasteiger partial charge is 0.355 e. The molecule has 1 aliphatic heterocycles. The molecule has 2 aromatic rings. The highest BCUT2D eigenvalue weighted by atomic mass is 16.2. The van der Waals surface area contributed by atoms with Crippen LogP contribution in [0.5, 0.6) is 0 Å². The van der Waals surface area contributed by atoms with Crippen molar-refractivity contribution in [2.45, 2.75) is 12.8 Å². The number of nitrogens with one attached hydrogen (secondary N) is 2. The quantitative estimate of drug-likeness (QED) is 0.849. The topological polar surface area (TPSA) is 58.2 Å². The third kappa shape index (κ3) is 3.17. The van der Waals surface area contributed by atoms with Crippen LogP contribution in [0.3, 0.4) is 0 Å². The molecule has 0 fully saturated rings. The lowest BCUT2D eigenvalue weighted by molar-refractivity contribution is -0.132. The molecule has 0 aliphatic carbocycles. The minimum Gasteiger partial charge on any atom is -0.355 e. The standard InChI is InChI=1S/C18H18N2O2/c21-17(19-11-10-13-6-2-1-3-7-13)15-12-14-8-4-5-9-16(14)20-18(15)22/h1-9,15H,10-12H2,(H,19,21)(H,20,22). The number of fused-ring (bicyclic) bond motifs is 1. The second kappa shape index (κ2) is 6.43. The fourth-order valence-electron chi connectivity index (χ4n) is 2.66. The molecule has 2 N–H and O–H groups in total. The molecule has 0 saturated carbocycles. The predicted molar refractivity (Wildman–Crippen MR) is 85.4 cm³/mol. The van der Waals surface area contributed by atoms with Crippen molar-refractivity contribution in [3.05, 3.63) is 65.7 Å². The van der Waals surface area contributed by atoms with Gasteiger partial charge in [0.15, 0.2) is 0 Å². The van der Waals surface area contributed by atoms with Gasteiger partial charge in [0.1, 0.15) is 5.92 Å². The molecule has 4 nitrogen and oxygen atoms in total. The highest BCUT2D eigenvalue weighted by molar-refractivity contribution is 6.08. The number of para-hydroxylation sites is 1. The van der Waals surface area contributed by atoms with Crippen molar-refractivity contribution < 1.29 is 9.59 Å². The van der Waals surface area contributed by atoms with E-state index in [1.807, 2.05) is 54.6 Å². The van der Waals surface area contributed by atoms with Gasteiger partial charge in [-0.1, -0.05) is 48.5 Å². The van der Waals surface area contributed by atoms with E-state index in [1.54, 1.807) is 0 Å². The fraction of sp³-hybridized carbons (Fsp3) is 0.222. The van der Waals surface area contributed by atoms with E-state index < -0.39 is 5.92 Å². The van der Waals surface area contributed by atoms with Gasteiger partial charge >= 0.3 is 0 Å². The maximum absolute atomic E-state index is 12.2. The Labute approximate surface area is 129 Å². The lowest BCUT2D eigenvalue weighted by Gasteiger charge is -2.23. The highest BCUT2D eigenvalue weighted by Crippen LogP contribution is 2.25. The Morgan fingerprint density at radius 1 is 1.09 bits per heavy atom. The number of carbonyl (C=O) groups is 2. The van der Waals surface area contributed by atoms with E-state index in [-0.39, 0.29) is 11.8 Å². The van der Waals surface area contributed by atoms with Crippen LogP contribution in [0.25, 0.3) is 0 Å². The molecule has 1 aliphatic rings. The number of hydrogen-bond acceptors (Lipinski definition) is 2. The summed E-state index contributed by atoms with van der Waals surface area (Å²) in [7, 11) is 0. The van der Waals surface area contributed by atoms with Crippen molar-refractivity contribution in [1.82, 2.24) is 5.32 Å². The Hall–Kier alpha value is -2.62. The van der Waals surface area contributed by atoms with Crippen LogP contribution in [0.1, 0.15) is 11.1 Å². The maximum atomic E-state index is 12.2. The average molecular weight is 294 g/mol. The van der Waals surface area contributed by atoms with Gasteiger partial charge in [0.2, 0.25) is 11.8 Å². The second-order valence-corrected chi connectivity index (χ2v) is 5.43. The first-order valence-corrected chi connectivity index (χ1v) is 7.44. The van der Waals surface area contributed by atoms with Crippen molar-refractivity contribution >= 4 is 17.5 Å². The van der Waals surface area contributed by atoms with E-state index in [4.69, 9.17) is 0 Å². The van der Waals surface area contributed by atoms with Crippen LogP contribution < -0.4 is 10.6 Å². The van der Waals surface area contributed by atoms with Gasteiger partial charge in [-0.15, -0.1) is 0 Å². The molecule has 0 saturated heterocycles. The van der Waals surface area contributed by atoms with Crippen LogP contribution in [-0.4, -0.2) is 18.4 Å². The van der Waals surface area contributed by atoms with E-state index in [9.17, 15) is 9.59 Å². The highest BCUT2D eigenvalue weighted by Gasteiger charge is 2.31. The van der Waals surface area contributed by atoms with Gasteiger partial charge in [-0.2, -0.15) is 0 Å². The van der Waals surface area contributed by atoms with Crippen LogP contribution in [0.2, 0.25) is 0 Å². The van der Waals surface area contributed by atoms with Crippen molar-refractivity contribution in [3.8, 4) is 0 Å². The van der Waals surface area contributed by atoms with Crippen LogP contribution in [-0.2, 0) is 22.4 Å². The monoisotopic (exact) mass is 294 g/mol. The molecule has 0 bridgehead atoms. The first-order valence-electron chi connectivity index (χ1n) is 7.44. The summed E-state index contributed by atoms with van der Waals surface area (Å²) in [5.41, 5.74) is 2.98. The molecule has 1 heterocycles. The minimum atomic E-state index is -0.648. The van der Waals surface area contributed by atoms with E-state index in [0.29, 0.717) is 13.0 Å². The predicted octanol–water partition coefficient (Wildman–Crippen LogP) is 2.16. The Morgan fingerprint density at radius 3 is 2.64 bits per heavy atom. The van der Waals surface area contributed by atoms with Gasteiger partial charge in [-0.25, -0.2) is 0 Å². The zero-order valence-electron chi connectivity index (χ0n) is 12.2. The zero-order valence-corrected chi connectivity index (χ0v) is 12.2. The number of hydrogen-bond donors (Lipinski definition) is 2. The van der Waals surface area contributed by atoms with E-state index in [1.165, 1.54) is 5.56 Å². The van der Waals surface area contributed by atoms with Gasteiger partial charge in [0.25, 0.3) is 0 Å². The second-order valence-electron chi connectivity index (χ2n) is 5.43. The molecule has 0 radical (unpaired) electrons. The molecule has 2 amide bonds. The van der Waals surface area contributed by atoms with E-state index in [2.05, 4.69) is 10.6 Å². The Bertz CT molecular complexity index is 682. The first kappa shape index (κ1) is 14.3. The molecule has 1 unspecified atom stereocenters. The number of carbonyl (C=O) groups excluding carboxylic acids is 2. The van der Waals surface area contributed by atoms with Crippen LogP contribution in [0.4, 0.5) is 5.69 Å². The third-order valence-electron chi connectivity index (χ3n) is 3.89. The Kier molecular flexibility index (Phi) is 4.19. The smallest absolute Gasteiger partial charge is 0.237 e. The first-order chi connectivity index (χ1) is 10.7. The summed E-state index contributed by atoms with van der Waals surface area (Å²) >= 11 is 0. The lowest BCUT2D eigenvalue weighted by Crippen LogP contribution is -2.42. The zero-order chi connectivity index (χ0) is 15.4. The SMILES string of the molecule is O=C(NCCc1ccccc1)C1Cc2ccccc2NC1=O. The van der Waals surface area contributed by atoms with Crippen molar-refractivity contribution in [2.75, 3.05) is 11.9 Å². The summed E-state index contributed by atoms with van der Waals surface area (Å²) in [5, 5.41) is 5.66. The molecule has 112 valence electrons. The number of rotatable bonds is 4. The van der Waals surface area contributed by atoms with Gasteiger partial charge in [-0.3, -0.25) is 9.59 Å². The fourth-order valence-corrected chi connectivity index (χ4v) is 2.66. The summed E-state index contributed by atoms with van der Waals surface area (Å²) in [5.74, 6) is -1.08. The normalized spacial score (nSPS) is 16.5. The number of amides is 2. The van der Waals surface area contributed by atoms with Gasteiger partial charge < -0.3 is 10.6 Å². The summed E-state index contributed by atoms with van der Waals surface area (Å²) in [4.78, 5) is 24.3. The van der Waals surface area contributed by atoms with Gasteiger partial charge in [-0.05, 0) is 30.0 Å². The summed E-state index contributed by atoms with van der Waals surface area (Å²) in [6.45, 7) is 0.536. The van der Waals surface area contributed by atoms with E-state index in [0.717, 1.165) is 17.7 Å². The molecule has 1 atom stereocenters. The van der Waals surface area contributed by atoms with E-state index >= 15 is 0 Å². The Morgan fingerprint density at radius 2 is 1.82 bits per heavy atom. The van der Waals surface area contributed by atoms with Gasteiger partial charge in [0, 0.05) is 12.2 Å². The molecule has 4 heteroatoms. The minimum absolute atomic E-state index is 0.206. The maximum Gasteiger partial charge on any atom is 0.237 e. The van der Waals surface area contributed by atoms with Gasteiger partial charge in [0.05, 0.1) is 0 Å². The third-order valence-corrected chi connectivity index (χ3v) is 3.89. The molecule has 2 aromatic carbocycles. The number of anilines is 1. The average Bonchev–Trinajstić information content (AvgIpc) is 2.55. The van der Waals surface area contributed by atoms with Crippen molar-refractivity contribution in [2.24, 2.45) is 5.92 Å². The molecule has 0 spiro atoms. The molecular weight excluding hydrogens is 276 g/mol. The lowest BCUT2D eigenvalue weighted by atomic mass is 9.92. The number of benzene rings is 2. The molecule has 0 aromatic heterocycles. The summed E-state index contributed by atoms with van der Waals surface area (Å²) in [6, 6.07) is 17.6. The van der Waals surface area contributed by atoms with Crippen molar-refractivity contribution in [1.29, 1.82) is 0 Å². The molecular formula is C18H18N2O2. The summed E-state index contributed by atoms with van der Waals surface area (Å²) < 4.78 is 0. The van der Waals surface area contributed by atoms with Crippen LogP contribution in [0, 0.1) is 5.92 Å². The molecule has 3 rings (SSSR count). The van der Waals surface area contributed by atoms with Crippen LogP contribution >= 0.6 is 0 Å².